The molecule has 6 heteroatoms. The maximum absolute atomic E-state index is 12.4. The van der Waals surface area contributed by atoms with Crippen molar-refractivity contribution in [3.05, 3.63) is 90.0 Å². The molecule has 0 saturated heterocycles. The molecule has 0 spiro atoms. The number of carbonyl (C=O) groups excluding carboxylic acids is 3. The molecule has 0 aliphatic heterocycles. The minimum atomic E-state index is -0.446. The van der Waals surface area contributed by atoms with E-state index in [1.807, 2.05) is 30.3 Å². The molecule has 0 saturated carbocycles. The van der Waals surface area contributed by atoms with Gasteiger partial charge in [0.15, 0.2) is 5.78 Å². The first-order valence-electron chi connectivity index (χ1n) is 9.39. The van der Waals surface area contributed by atoms with Gasteiger partial charge in [-0.15, -0.1) is 0 Å². The van der Waals surface area contributed by atoms with Gasteiger partial charge in [0.1, 0.15) is 11.5 Å². The summed E-state index contributed by atoms with van der Waals surface area (Å²) in [5, 5.41) is 2.71. The molecule has 1 N–H and O–H groups in total. The summed E-state index contributed by atoms with van der Waals surface area (Å²) in [6.45, 7) is 0. The molecule has 152 valence electrons. The molecule has 0 aromatic heterocycles. The van der Waals surface area contributed by atoms with Crippen LogP contribution in [0.25, 0.3) is 0 Å². The predicted octanol–water partition coefficient (Wildman–Crippen LogP) is 4.87. The minimum Gasteiger partial charge on any atom is -0.465 e. The molecule has 0 radical (unpaired) electrons. The van der Waals surface area contributed by atoms with Gasteiger partial charge in [0.25, 0.3) is 0 Å². The van der Waals surface area contributed by atoms with Crippen LogP contribution >= 0.6 is 0 Å². The fourth-order valence-corrected chi connectivity index (χ4v) is 2.74. The van der Waals surface area contributed by atoms with E-state index in [0.717, 1.165) is 0 Å². The molecule has 0 aliphatic carbocycles. The van der Waals surface area contributed by atoms with Crippen LogP contribution in [0.1, 0.15) is 33.6 Å². The third-order valence-electron chi connectivity index (χ3n) is 4.32. The second kappa shape index (κ2) is 10.0. The van der Waals surface area contributed by atoms with Crippen LogP contribution in [0.15, 0.2) is 78.9 Å². The summed E-state index contributed by atoms with van der Waals surface area (Å²) < 4.78 is 10.3. The van der Waals surface area contributed by atoms with E-state index in [4.69, 9.17) is 4.74 Å². The van der Waals surface area contributed by atoms with Gasteiger partial charge in [0.05, 0.1) is 12.7 Å². The highest BCUT2D eigenvalue weighted by atomic mass is 16.5. The fraction of sp³-hybridized carbons (Fsp3) is 0.125. The van der Waals surface area contributed by atoms with E-state index in [9.17, 15) is 14.4 Å². The Hall–Kier alpha value is -3.93. The van der Waals surface area contributed by atoms with Crippen molar-refractivity contribution < 1.29 is 23.9 Å². The number of nitrogens with one attached hydrogen (secondary N) is 1. The second-order valence-electron chi connectivity index (χ2n) is 6.48. The van der Waals surface area contributed by atoms with Crippen LogP contribution in [0.2, 0.25) is 0 Å². The summed E-state index contributed by atoms with van der Waals surface area (Å²) in [6.07, 6.45) is 0.144. The van der Waals surface area contributed by atoms with Crippen LogP contribution < -0.4 is 10.1 Å². The van der Waals surface area contributed by atoms with Gasteiger partial charge in [0.2, 0.25) is 5.91 Å². The number of hydrogen-bond donors (Lipinski definition) is 1. The van der Waals surface area contributed by atoms with E-state index in [1.165, 1.54) is 7.11 Å². The lowest BCUT2D eigenvalue weighted by molar-refractivity contribution is -0.116. The lowest BCUT2D eigenvalue weighted by atomic mass is 10.1. The van der Waals surface area contributed by atoms with Crippen LogP contribution in [0, 0.1) is 0 Å². The maximum atomic E-state index is 12.4. The van der Waals surface area contributed by atoms with Crippen molar-refractivity contribution in [2.45, 2.75) is 12.8 Å². The number of carbonyl (C=O) groups is 3. The Kier molecular flexibility index (Phi) is 6.95. The Morgan fingerprint density at radius 2 is 1.33 bits per heavy atom. The van der Waals surface area contributed by atoms with Gasteiger partial charge in [-0.1, -0.05) is 18.2 Å². The molecule has 3 aromatic carbocycles. The molecule has 6 nitrogen and oxygen atoms in total. The topological polar surface area (TPSA) is 81.7 Å². The van der Waals surface area contributed by atoms with Crippen molar-refractivity contribution in [3.8, 4) is 11.5 Å². The van der Waals surface area contributed by atoms with Gasteiger partial charge in [0, 0.05) is 24.1 Å². The molecule has 30 heavy (non-hydrogen) atoms. The van der Waals surface area contributed by atoms with Gasteiger partial charge in [-0.3, -0.25) is 9.59 Å². The zero-order valence-electron chi connectivity index (χ0n) is 16.5. The van der Waals surface area contributed by atoms with E-state index in [2.05, 4.69) is 10.1 Å². The first-order chi connectivity index (χ1) is 14.5. The van der Waals surface area contributed by atoms with E-state index < -0.39 is 5.97 Å². The molecular weight excluding hydrogens is 382 g/mol. The quantitative estimate of drug-likeness (QED) is 0.429. The maximum Gasteiger partial charge on any atom is 0.337 e. The summed E-state index contributed by atoms with van der Waals surface area (Å²) in [4.78, 5) is 35.9. The standard InChI is InChI=1S/C24H21NO5/c1-29-24(28)18-7-11-19(12-8-18)25-23(27)16-15-22(26)17-9-13-21(14-10-17)30-20-5-3-2-4-6-20/h2-14H,15-16H2,1H3,(H,25,27). The van der Waals surface area contributed by atoms with Gasteiger partial charge in [-0.2, -0.15) is 0 Å². The molecule has 0 unspecified atom stereocenters. The number of esters is 1. The number of rotatable bonds is 8. The smallest absolute Gasteiger partial charge is 0.337 e. The number of hydrogen-bond acceptors (Lipinski definition) is 5. The Morgan fingerprint density at radius 3 is 1.97 bits per heavy atom. The summed E-state index contributed by atoms with van der Waals surface area (Å²) in [5.41, 5.74) is 1.46. The van der Waals surface area contributed by atoms with Crippen molar-refractivity contribution in [1.82, 2.24) is 0 Å². The third-order valence-corrected chi connectivity index (χ3v) is 4.32. The average molecular weight is 403 g/mol. The monoisotopic (exact) mass is 403 g/mol. The largest absolute Gasteiger partial charge is 0.465 e. The van der Waals surface area contributed by atoms with Crippen LogP contribution in [0.4, 0.5) is 5.69 Å². The number of Topliss-reactive ketones (excluding diaryl/α,β-unsaturated/α-hetero) is 1. The van der Waals surface area contributed by atoms with Crippen molar-refractivity contribution >= 4 is 23.3 Å². The summed E-state index contributed by atoms with van der Waals surface area (Å²) in [6, 6.07) is 22.5. The number of ketones is 1. The zero-order chi connectivity index (χ0) is 21.3. The van der Waals surface area contributed by atoms with Crippen molar-refractivity contribution in [1.29, 1.82) is 0 Å². The van der Waals surface area contributed by atoms with E-state index in [0.29, 0.717) is 28.3 Å². The summed E-state index contributed by atoms with van der Waals surface area (Å²) >= 11 is 0. The van der Waals surface area contributed by atoms with Crippen molar-refractivity contribution in [3.63, 3.8) is 0 Å². The van der Waals surface area contributed by atoms with E-state index >= 15 is 0 Å². The number of methoxy groups -OCH3 is 1. The number of anilines is 1. The Bertz CT molecular complexity index is 1010. The second-order valence-corrected chi connectivity index (χ2v) is 6.48. The Balaban J connectivity index is 1.48. The zero-order valence-corrected chi connectivity index (χ0v) is 16.5. The fourth-order valence-electron chi connectivity index (χ4n) is 2.74. The number of para-hydroxylation sites is 1. The third kappa shape index (κ3) is 5.78. The molecule has 3 rings (SSSR count). The minimum absolute atomic E-state index is 0.0554. The van der Waals surface area contributed by atoms with Crippen molar-refractivity contribution in [2.75, 3.05) is 12.4 Å². The molecule has 1 amide bonds. The molecule has 0 heterocycles. The van der Waals surface area contributed by atoms with Crippen molar-refractivity contribution in [2.24, 2.45) is 0 Å². The molecular formula is C24H21NO5. The van der Waals surface area contributed by atoms with Crippen LogP contribution in [-0.4, -0.2) is 24.8 Å². The number of ether oxygens (including phenoxy) is 2. The lowest BCUT2D eigenvalue weighted by Gasteiger charge is -2.07. The van der Waals surface area contributed by atoms with Crippen LogP contribution in [-0.2, 0) is 9.53 Å². The van der Waals surface area contributed by atoms with Gasteiger partial charge < -0.3 is 14.8 Å². The molecule has 0 fully saturated rings. The first-order valence-corrected chi connectivity index (χ1v) is 9.39. The summed E-state index contributed by atoms with van der Waals surface area (Å²) in [5.74, 6) is 0.494. The highest BCUT2D eigenvalue weighted by Crippen LogP contribution is 2.21. The van der Waals surface area contributed by atoms with Crippen LogP contribution in [0.5, 0.6) is 11.5 Å². The highest BCUT2D eigenvalue weighted by molar-refractivity contribution is 6.00. The Morgan fingerprint density at radius 1 is 0.733 bits per heavy atom. The first kappa shape index (κ1) is 20.8. The number of amides is 1. The lowest BCUT2D eigenvalue weighted by Crippen LogP contribution is -2.13. The van der Waals surface area contributed by atoms with Crippen LogP contribution in [0.3, 0.4) is 0 Å². The molecule has 0 atom stereocenters. The van der Waals surface area contributed by atoms with Gasteiger partial charge in [-0.05, 0) is 60.7 Å². The molecule has 0 bridgehead atoms. The molecule has 3 aromatic rings. The highest BCUT2D eigenvalue weighted by Gasteiger charge is 2.11. The van der Waals surface area contributed by atoms with E-state index in [1.54, 1.807) is 48.5 Å². The summed E-state index contributed by atoms with van der Waals surface area (Å²) in [7, 11) is 1.30. The average Bonchev–Trinajstić information content (AvgIpc) is 2.78. The number of benzene rings is 3. The normalized spacial score (nSPS) is 10.2. The SMILES string of the molecule is COC(=O)c1ccc(NC(=O)CCC(=O)c2ccc(Oc3ccccc3)cc2)cc1. The predicted molar refractivity (Wildman–Crippen MR) is 113 cm³/mol. The van der Waals surface area contributed by atoms with Gasteiger partial charge in [-0.25, -0.2) is 4.79 Å². The van der Waals surface area contributed by atoms with E-state index in [-0.39, 0.29) is 24.5 Å². The van der Waals surface area contributed by atoms with Gasteiger partial charge >= 0.3 is 5.97 Å². The molecule has 0 aliphatic rings. The Labute approximate surface area is 174 Å².